The molecule has 8 heteroatoms. The summed E-state index contributed by atoms with van der Waals surface area (Å²) in [5.41, 5.74) is 8.21. The Morgan fingerprint density at radius 3 is 2.78 bits per heavy atom. The quantitative estimate of drug-likeness (QED) is 0.629. The van der Waals surface area contributed by atoms with Crippen molar-refractivity contribution in [1.82, 2.24) is 20.1 Å². The number of nitrogens with two attached hydrogens (primary N) is 1. The normalized spacial score (nSPS) is 15.7. The van der Waals surface area contributed by atoms with Gasteiger partial charge in [0.25, 0.3) is 5.91 Å². The zero-order valence-electron chi connectivity index (χ0n) is 15.1. The molecule has 4 heterocycles. The van der Waals surface area contributed by atoms with Crippen LogP contribution in [-0.2, 0) is 0 Å². The molecule has 0 bridgehead atoms. The van der Waals surface area contributed by atoms with Crippen molar-refractivity contribution in [2.75, 3.05) is 25.5 Å². The van der Waals surface area contributed by atoms with Gasteiger partial charge in [0.1, 0.15) is 0 Å². The number of anilines is 2. The van der Waals surface area contributed by atoms with Crippen molar-refractivity contribution in [3.05, 3.63) is 47.1 Å². The van der Waals surface area contributed by atoms with Gasteiger partial charge in [-0.15, -0.1) is 11.3 Å². The van der Waals surface area contributed by atoms with E-state index < -0.39 is 5.91 Å². The first-order chi connectivity index (χ1) is 13.1. The molecule has 0 spiro atoms. The van der Waals surface area contributed by atoms with Crippen molar-refractivity contribution < 1.29 is 4.79 Å². The zero-order chi connectivity index (χ0) is 18.8. The zero-order valence-corrected chi connectivity index (χ0v) is 15.9. The lowest BCUT2D eigenvalue weighted by atomic mass is 9.93. The molecule has 1 saturated heterocycles. The molecule has 0 radical (unpaired) electrons. The molecule has 140 valence electrons. The van der Waals surface area contributed by atoms with Crippen LogP contribution in [0, 0.1) is 0 Å². The molecule has 0 atom stereocenters. The Bertz CT molecular complexity index is 924. The summed E-state index contributed by atoms with van der Waals surface area (Å²) in [5.74, 6) is 0.832. The summed E-state index contributed by atoms with van der Waals surface area (Å²) in [6.07, 6.45) is 4.18. The lowest BCUT2D eigenvalue weighted by Crippen LogP contribution is -2.29. The Hall–Kier alpha value is -2.71. The van der Waals surface area contributed by atoms with Crippen LogP contribution in [0.3, 0.4) is 0 Å². The summed E-state index contributed by atoms with van der Waals surface area (Å²) in [5, 5.41) is 10.5. The van der Waals surface area contributed by atoms with Crippen LogP contribution >= 0.6 is 11.3 Å². The minimum absolute atomic E-state index is 0.417. The maximum absolute atomic E-state index is 11.2. The Labute approximate surface area is 161 Å². The van der Waals surface area contributed by atoms with Gasteiger partial charge in [0.2, 0.25) is 0 Å². The first-order valence-electron chi connectivity index (χ1n) is 8.95. The SMILES string of the molecule is CN1CCC(c2ccc(Nc3cc(-c4ccc(C(N)=O)s4)[nH]n3)cn2)CC1. The molecule has 0 saturated carbocycles. The molecule has 3 aromatic heterocycles. The number of H-pyrrole nitrogens is 1. The minimum Gasteiger partial charge on any atom is -0.365 e. The molecule has 0 unspecified atom stereocenters. The highest BCUT2D eigenvalue weighted by Gasteiger charge is 2.19. The van der Waals surface area contributed by atoms with Gasteiger partial charge in [-0.2, -0.15) is 5.10 Å². The number of nitrogens with zero attached hydrogens (tertiary/aromatic N) is 3. The monoisotopic (exact) mass is 382 g/mol. The second kappa shape index (κ2) is 7.50. The molecule has 1 aliphatic rings. The number of nitrogens with one attached hydrogen (secondary N) is 2. The number of primary amides is 1. The summed E-state index contributed by atoms with van der Waals surface area (Å²) in [6.45, 7) is 2.26. The number of piperidine rings is 1. The summed E-state index contributed by atoms with van der Waals surface area (Å²) in [6, 6.07) is 9.64. The van der Waals surface area contributed by atoms with Crippen molar-refractivity contribution in [2.45, 2.75) is 18.8 Å². The third kappa shape index (κ3) is 4.01. The van der Waals surface area contributed by atoms with Gasteiger partial charge in [0, 0.05) is 17.7 Å². The van der Waals surface area contributed by atoms with E-state index in [4.69, 9.17) is 5.73 Å². The third-order valence-corrected chi connectivity index (χ3v) is 6.02. The number of amides is 1. The molecule has 27 heavy (non-hydrogen) atoms. The van der Waals surface area contributed by atoms with Gasteiger partial charge in [-0.05, 0) is 57.2 Å². The van der Waals surface area contributed by atoms with Gasteiger partial charge in [0.15, 0.2) is 5.82 Å². The van der Waals surface area contributed by atoms with E-state index in [1.165, 1.54) is 11.3 Å². The standard InChI is InChI=1S/C19H22N6OS/c1-25-8-6-12(7-9-25)14-3-2-13(11-21-14)22-18-10-15(23-24-18)16-4-5-17(27-16)19(20)26/h2-5,10-12H,6-9H2,1H3,(H2,20,26)(H2,22,23,24). The maximum atomic E-state index is 11.2. The van der Waals surface area contributed by atoms with Crippen molar-refractivity contribution in [2.24, 2.45) is 5.73 Å². The van der Waals surface area contributed by atoms with Crippen LogP contribution in [0.4, 0.5) is 11.5 Å². The van der Waals surface area contributed by atoms with E-state index in [0.29, 0.717) is 16.6 Å². The molecule has 7 nitrogen and oxygen atoms in total. The van der Waals surface area contributed by atoms with Crippen molar-refractivity contribution in [3.63, 3.8) is 0 Å². The second-order valence-electron chi connectivity index (χ2n) is 6.87. The van der Waals surface area contributed by atoms with E-state index in [-0.39, 0.29) is 0 Å². The minimum atomic E-state index is -0.417. The number of carbonyl (C=O) groups is 1. The van der Waals surface area contributed by atoms with E-state index in [9.17, 15) is 4.79 Å². The van der Waals surface area contributed by atoms with Gasteiger partial charge in [-0.1, -0.05) is 0 Å². The Morgan fingerprint density at radius 1 is 1.30 bits per heavy atom. The number of likely N-dealkylation sites (tertiary alicyclic amines) is 1. The number of rotatable bonds is 5. The van der Waals surface area contributed by atoms with Crippen LogP contribution in [0.1, 0.15) is 34.1 Å². The summed E-state index contributed by atoms with van der Waals surface area (Å²) >= 11 is 1.34. The lowest BCUT2D eigenvalue weighted by Gasteiger charge is -2.28. The maximum Gasteiger partial charge on any atom is 0.258 e. The van der Waals surface area contributed by atoms with E-state index >= 15 is 0 Å². The second-order valence-corrected chi connectivity index (χ2v) is 7.95. The fourth-order valence-electron chi connectivity index (χ4n) is 3.30. The molecule has 0 aromatic carbocycles. The van der Waals surface area contributed by atoms with E-state index in [1.807, 2.05) is 24.4 Å². The van der Waals surface area contributed by atoms with Gasteiger partial charge in [-0.25, -0.2) is 0 Å². The Morgan fingerprint density at radius 2 is 2.11 bits per heavy atom. The van der Waals surface area contributed by atoms with Crippen LogP contribution in [0.15, 0.2) is 36.5 Å². The number of carbonyl (C=O) groups excluding carboxylic acids is 1. The predicted molar refractivity (Wildman–Crippen MR) is 107 cm³/mol. The first-order valence-corrected chi connectivity index (χ1v) is 9.77. The molecule has 3 aromatic rings. The largest absolute Gasteiger partial charge is 0.365 e. The van der Waals surface area contributed by atoms with Crippen LogP contribution in [0.25, 0.3) is 10.6 Å². The van der Waals surface area contributed by atoms with Crippen LogP contribution < -0.4 is 11.1 Å². The Kier molecular flexibility index (Phi) is 4.91. The van der Waals surface area contributed by atoms with E-state index in [1.54, 1.807) is 6.07 Å². The van der Waals surface area contributed by atoms with Gasteiger partial charge >= 0.3 is 0 Å². The number of hydrogen-bond acceptors (Lipinski definition) is 6. The smallest absolute Gasteiger partial charge is 0.258 e. The number of hydrogen-bond donors (Lipinski definition) is 3. The highest BCUT2D eigenvalue weighted by molar-refractivity contribution is 7.17. The molecule has 1 fully saturated rings. The molecular weight excluding hydrogens is 360 g/mol. The number of aromatic nitrogens is 3. The number of pyridine rings is 1. The topological polar surface area (TPSA) is 99.9 Å². The highest BCUT2D eigenvalue weighted by atomic mass is 32.1. The van der Waals surface area contributed by atoms with E-state index in [2.05, 4.69) is 38.5 Å². The molecule has 4 N–H and O–H groups in total. The predicted octanol–water partition coefficient (Wildman–Crippen LogP) is 3.18. The molecular formula is C19H22N6OS. The number of thiophene rings is 1. The average molecular weight is 382 g/mol. The van der Waals surface area contributed by atoms with Gasteiger partial charge < -0.3 is 16.0 Å². The third-order valence-electron chi connectivity index (χ3n) is 4.89. The summed E-state index contributed by atoms with van der Waals surface area (Å²) in [4.78, 5) is 19.7. The highest BCUT2D eigenvalue weighted by Crippen LogP contribution is 2.29. The summed E-state index contributed by atoms with van der Waals surface area (Å²) < 4.78 is 0. The van der Waals surface area contributed by atoms with Crippen LogP contribution in [0.2, 0.25) is 0 Å². The van der Waals surface area contributed by atoms with Gasteiger partial charge in [0.05, 0.1) is 27.3 Å². The molecule has 0 aliphatic carbocycles. The first kappa shape index (κ1) is 17.7. The van der Waals surface area contributed by atoms with Crippen molar-refractivity contribution in [3.8, 4) is 10.6 Å². The van der Waals surface area contributed by atoms with Crippen molar-refractivity contribution in [1.29, 1.82) is 0 Å². The fourth-order valence-corrected chi connectivity index (χ4v) is 4.12. The number of aromatic amines is 1. The van der Waals surface area contributed by atoms with E-state index in [0.717, 1.165) is 47.9 Å². The summed E-state index contributed by atoms with van der Waals surface area (Å²) in [7, 11) is 2.17. The average Bonchev–Trinajstić information content (AvgIpc) is 3.32. The molecule has 1 aliphatic heterocycles. The fraction of sp³-hybridized carbons (Fsp3) is 0.316. The van der Waals surface area contributed by atoms with Crippen molar-refractivity contribution >= 4 is 28.7 Å². The van der Waals surface area contributed by atoms with Crippen LogP contribution in [0.5, 0.6) is 0 Å². The van der Waals surface area contributed by atoms with Gasteiger partial charge in [-0.3, -0.25) is 14.9 Å². The molecule has 4 rings (SSSR count). The van der Waals surface area contributed by atoms with Crippen LogP contribution in [-0.4, -0.2) is 46.1 Å². The molecule has 1 amide bonds. The Balaban J connectivity index is 1.42. The lowest BCUT2D eigenvalue weighted by molar-refractivity contribution is 0.100.